The minimum absolute atomic E-state index is 0.0138. The van der Waals surface area contributed by atoms with Crippen LogP contribution in [0.4, 0.5) is 5.69 Å². The van der Waals surface area contributed by atoms with E-state index in [1.165, 1.54) is 26.0 Å². The standard InChI is InChI=1S/C44H67N7O12/c1-9-35-44(7,56)39(54)26(3)36(47-63-33-11-10-17-45-21-33)30-20-43(6,59-24-30)40(27(4)37(52)28(5)41(55)61-35)62-42-38(53)34(19-25(2)60-42)49(8)18-16-31-23-50(48-46-31)22-29-12-14-32(15-13-29)51(57)58/h12-15,23,25-28,30,33-35,38-40,42,45,53-54,56H,9-11,16-22,24H2,1-8H3/b47-36-/t25-,26+,27+,28-,30+,33-,34+,35-,38-,39-,40-,42+,43-,44-/m1/s1. The lowest BCUT2D eigenvalue weighted by Gasteiger charge is -2.46. The van der Waals surface area contributed by atoms with Crippen molar-refractivity contribution in [3.05, 3.63) is 51.8 Å². The Morgan fingerprint density at radius 3 is 2.52 bits per heavy atom. The Balaban J connectivity index is 1.22. The number of nitrogens with one attached hydrogen (secondary N) is 1. The second kappa shape index (κ2) is 20.5. The number of nitro groups is 1. The first-order valence-corrected chi connectivity index (χ1v) is 22.4. The van der Waals surface area contributed by atoms with Gasteiger partial charge in [0, 0.05) is 61.6 Å². The Kier molecular flexibility index (Phi) is 15.8. The van der Waals surface area contributed by atoms with Crippen molar-refractivity contribution in [2.45, 2.75) is 154 Å². The van der Waals surface area contributed by atoms with Gasteiger partial charge in [-0.1, -0.05) is 43.3 Å². The molecule has 0 unspecified atom stereocenters. The largest absolute Gasteiger partial charge is 0.459 e. The molecule has 6 rings (SSSR count). The van der Waals surface area contributed by atoms with E-state index in [0.29, 0.717) is 38.2 Å². The van der Waals surface area contributed by atoms with Gasteiger partial charge in [0.05, 0.1) is 53.4 Å². The van der Waals surface area contributed by atoms with E-state index in [9.17, 15) is 35.0 Å². The zero-order valence-corrected chi connectivity index (χ0v) is 37.8. The molecule has 0 saturated carbocycles. The smallest absolute Gasteiger partial charge is 0.316 e. The van der Waals surface area contributed by atoms with Gasteiger partial charge in [-0.2, -0.15) is 0 Å². The molecule has 4 saturated heterocycles. The Morgan fingerprint density at radius 1 is 1.13 bits per heavy atom. The number of likely N-dealkylation sites (N-methyl/N-ethyl adjacent to an activating group) is 1. The van der Waals surface area contributed by atoms with Gasteiger partial charge in [-0.15, -0.1) is 5.10 Å². The van der Waals surface area contributed by atoms with E-state index in [4.69, 9.17) is 23.8 Å². The Morgan fingerprint density at radius 2 is 1.86 bits per heavy atom. The maximum Gasteiger partial charge on any atom is 0.316 e. The third kappa shape index (κ3) is 11.1. The normalized spacial score (nSPS) is 37.7. The monoisotopic (exact) mass is 885 g/mol. The molecule has 4 aliphatic heterocycles. The van der Waals surface area contributed by atoms with Crippen LogP contribution in [0.25, 0.3) is 0 Å². The summed E-state index contributed by atoms with van der Waals surface area (Å²) in [4.78, 5) is 46.8. The summed E-state index contributed by atoms with van der Waals surface area (Å²) in [7, 11) is 1.90. The molecule has 0 spiro atoms. The van der Waals surface area contributed by atoms with Crippen LogP contribution < -0.4 is 5.32 Å². The minimum atomic E-state index is -1.91. The average Bonchev–Trinajstić information content (AvgIpc) is 3.89. The number of hydrogen-bond donors (Lipinski definition) is 4. The van der Waals surface area contributed by atoms with Crippen LogP contribution in [-0.2, 0) is 46.3 Å². The van der Waals surface area contributed by atoms with Crippen LogP contribution in [0.15, 0.2) is 35.6 Å². The predicted octanol–water partition coefficient (Wildman–Crippen LogP) is 2.80. The highest BCUT2D eigenvalue weighted by atomic mass is 16.7. The van der Waals surface area contributed by atoms with Gasteiger partial charge in [-0.05, 0) is 79.0 Å². The Labute approximate surface area is 368 Å². The molecule has 1 aromatic carbocycles. The predicted molar refractivity (Wildman–Crippen MR) is 228 cm³/mol. The number of carbonyl (C=O) groups excluding carboxylic acids is 2. The second-order valence-corrected chi connectivity index (χ2v) is 18.5. The van der Waals surface area contributed by atoms with Crippen molar-refractivity contribution in [1.82, 2.24) is 25.2 Å². The van der Waals surface area contributed by atoms with Gasteiger partial charge in [0.2, 0.25) is 0 Å². The van der Waals surface area contributed by atoms with Crippen molar-refractivity contribution >= 4 is 23.2 Å². The number of rotatable bonds is 12. The number of aromatic nitrogens is 3. The van der Waals surface area contributed by atoms with Gasteiger partial charge in [0.1, 0.15) is 29.8 Å². The zero-order chi connectivity index (χ0) is 45.8. The number of benzene rings is 1. The van der Waals surface area contributed by atoms with Crippen LogP contribution in [0.2, 0.25) is 0 Å². The number of piperidine rings is 1. The Hall–Kier alpha value is -3.95. The van der Waals surface area contributed by atoms with Crippen LogP contribution in [0, 0.1) is 33.8 Å². The van der Waals surface area contributed by atoms with E-state index in [2.05, 4.69) is 20.8 Å². The summed E-state index contributed by atoms with van der Waals surface area (Å²) in [6.45, 7) is 14.3. The maximum atomic E-state index is 14.3. The lowest BCUT2D eigenvalue weighted by Crippen LogP contribution is -2.59. The summed E-state index contributed by atoms with van der Waals surface area (Å²) in [5, 5.41) is 63.2. The maximum absolute atomic E-state index is 14.3. The first kappa shape index (κ1) is 48.5. The number of Topliss-reactive ketones (excluding diaryl/α,β-unsaturated/α-hetero) is 1. The number of hydrogen-bond acceptors (Lipinski definition) is 17. The number of nitro benzene ring substituents is 1. The van der Waals surface area contributed by atoms with Gasteiger partial charge < -0.3 is 49.3 Å². The van der Waals surface area contributed by atoms with E-state index in [0.717, 1.165) is 30.6 Å². The summed E-state index contributed by atoms with van der Waals surface area (Å²) in [5.74, 6) is -4.72. The molecule has 4 fully saturated rings. The van der Waals surface area contributed by atoms with E-state index < -0.39 is 88.3 Å². The van der Waals surface area contributed by atoms with E-state index in [-0.39, 0.29) is 37.3 Å². The van der Waals surface area contributed by atoms with Crippen LogP contribution in [-0.4, -0.2) is 151 Å². The molecule has 4 N–H and O–H groups in total. The third-order valence-electron chi connectivity index (χ3n) is 13.6. The van der Waals surface area contributed by atoms with Crippen LogP contribution in [0.1, 0.15) is 91.8 Å². The minimum Gasteiger partial charge on any atom is -0.459 e. The fourth-order valence-electron chi connectivity index (χ4n) is 9.65. The van der Waals surface area contributed by atoms with Gasteiger partial charge in [-0.25, -0.2) is 4.68 Å². The zero-order valence-electron chi connectivity index (χ0n) is 37.8. The van der Waals surface area contributed by atoms with Crippen LogP contribution in [0.5, 0.6) is 0 Å². The topological polar surface area (TPSA) is 242 Å². The number of ether oxygens (including phenoxy) is 4. The van der Waals surface area contributed by atoms with E-state index in [1.807, 2.05) is 32.0 Å². The van der Waals surface area contributed by atoms with Gasteiger partial charge in [0.25, 0.3) is 5.69 Å². The molecular formula is C44H67N7O12. The van der Waals surface area contributed by atoms with Crippen LogP contribution in [0.3, 0.4) is 0 Å². The van der Waals surface area contributed by atoms with Crippen molar-refractivity contribution < 1.29 is 53.6 Å². The lowest BCUT2D eigenvalue weighted by molar-refractivity contribution is -0.384. The quantitative estimate of drug-likeness (QED) is 0.104. The number of esters is 1. The number of fused-ring (bicyclic) bond motifs is 2. The molecular weight excluding hydrogens is 819 g/mol. The Bertz CT molecular complexity index is 1910. The first-order valence-electron chi connectivity index (χ1n) is 22.4. The summed E-state index contributed by atoms with van der Waals surface area (Å²) in [6.07, 6.45) is -1.49. The van der Waals surface area contributed by atoms with Crippen molar-refractivity contribution in [3.8, 4) is 0 Å². The first-order chi connectivity index (χ1) is 29.8. The number of ketones is 1. The molecule has 63 heavy (non-hydrogen) atoms. The van der Waals surface area contributed by atoms with Gasteiger partial charge in [-0.3, -0.25) is 19.7 Å². The number of non-ortho nitro benzene ring substituents is 1. The molecule has 0 amide bonds. The molecule has 4 aliphatic rings. The number of aliphatic hydroxyl groups is 3. The molecule has 0 radical (unpaired) electrons. The second-order valence-electron chi connectivity index (χ2n) is 18.5. The molecule has 14 atom stereocenters. The molecule has 19 nitrogen and oxygen atoms in total. The average molecular weight is 886 g/mol. The molecule has 0 aliphatic carbocycles. The van der Waals surface area contributed by atoms with Gasteiger partial charge in [0.15, 0.2) is 12.1 Å². The van der Waals surface area contributed by atoms with Crippen LogP contribution >= 0.6 is 0 Å². The summed E-state index contributed by atoms with van der Waals surface area (Å²) in [6, 6.07) is 5.86. The summed E-state index contributed by atoms with van der Waals surface area (Å²) in [5.41, 5.74) is -1.03. The number of oxime groups is 1. The molecule has 5 heterocycles. The molecule has 2 bridgehead atoms. The van der Waals surface area contributed by atoms with E-state index in [1.54, 1.807) is 37.6 Å². The number of nitrogens with zero attached hydrogens (tertiary/aromatic N) is 6. The lowest BCUT2D eigenvalue weighted by atomic mass is 9.75. The van der Waals surface area contributed by atoms with Gasteiger partial charge >= 0.3 is 5.97 Å². The fourth-order valence-corrected chi connectivity index (χ4v) is 9.65. The van der Waals surface area contributed by atoms with Crippen molar-refractivity contribution in [1.29, 1.82) is 0 Å². The fraction of sp³-hybridized carbons (Fsp3) is 0.750. The molecule has 2 aromatic rings. The third-order valence-corrected chi connectivity index (χ3v) is 13.6. The van der Waals surface area contributed by atoms with Crippen molar-refractivity contribution in [3.63, 3.8) is 0 Å². The highest BCUT2D eigenvalue weighted by Gasteiger charge is 2.55. The molecule has 1 aromatic heterocycles. The van der Waals surface area contributed by atoms with Crippen molar-refractivity contribution in [2.24, 2.45) is 28.8 Å². The summed E-state index contributed by atoms with van der Waals surface area (Å²) >= 11 is 0. The summed E-state index contributed by atoms with van der Waals surface area (Å²) < 4.78 is 27.2. The highest BCUT2D eigenvalue weighted by Crippen LogP contribution is 2.43. The highest BCUT2D eigenvalue weighted by molar-refractivity contribution is 6.00. The molecule has 350 valence electrons. The SMILES string of the molecule is CC[C@H]1OC(=O)[C@H](C)C(=O)[C@H](C)[C@@H](O[C@@H]2O[C@H](C)C[C@H](N(C)CCc3cn(Cc4ccc([N+](=O)[O-])cc4)nn3)[C@H]2O)[C@@]2(C)C[C@@H](CO2)/C(=N\O[C@@H]2CCCNC2)[C@H](C)[C@@H](O)[C@]1(C)O. The number of aliphatic hydroxyl groups excluding tert-OH is 2. The van der Waals surface area contributed by atoms with E-state index >= 15 is 0 Å². The number of cyclic esters (lactones) is 1. The number of carbonyl (C=O) groups is 2. The molecule has 19 heteroatoms. The van der Waals surface area contributed by atoms with Crippen molar-refractivity contribution in [2.75, 3.05) is 33.3 Å².